The highest BCUT2D eigenvalue weighted by atomic mass is 35.5. The maximum atomic E-state index is 12.0. The van der Waals surface area contributed by atoms with Crippen LogP contribution in [0.1, 0.15) is 45.9 Å². The maximum absolute atomic E-state index is 12.0. The van der Waals surface area contributed by atoms with E-state index in [0.717, 1.165) is 36.8 Å². The second-order valence-corrected chi connectivity index (χ2v) is 8.42. The van der Waals surface area contributed by atoms with Gasteiger partial charge in [-0.25, -0.2) is 9.78 Å². The number of anilines is 1. The number of H-pyrrole nitrogens is 1. The summed E-state index contributed by atoms with van der Waals surface area (Å²) in [6.45, 7) is 0.554. The van der Waals surface area contributed by atoms with Crippen LogP contribution in [0, 0.1) is 0 Å². The van der Waals surface area contributed by atoms with Gasteiger partial charge >= 0.3 is 5.97 Å². The summed E-state index contributed by atoms with van der Waals surface area (Å²) in [5.41, 5.74) is 7.91. The highest BCUT2D eigenvalue weighted by molar-refractivity contribution is 7.18. The molecular formula is C21H23ClN4O5S. The van der Waals surface area contributed by atoms with Gasteiger partial charge < -0.3 is 25.9 Å². The fourth-order valence-corrected chi connectivity index (χ4v) is 4.96. The molecule has 32 heavy (non-hydrogen) atoms. The van der Waals surface area contributed by atoms with Crippen LogP contribution in [0.2, 0.25) is 0 Å². The van der Waals surface area contributed by atoms with Crippen LogP contribution >= 0.6 is 23.7 Å². The van der Waals surface area contributed by atoms with Gasteiger partial charge in [0.2, 0.25) is 5.82 Å². The Balaban J connectivity index is 0.000000184. The van der Waals surface area contributed by atoms with Gasteiger partial charge in [-0.2, -0.15) is 0 Å². The van der Waals surface area contributed by atoms with Crippen molar-refractivity contribution in [1.82, 2.24) is 9.97 Å². The summed E-state index contributed by atoms with van der Waals surface area (Å²) < 4.78 is 5.18. The van der Waals surface area contributed by atoms with E-state index in [9.17, 15) is 14.4 Å². The number of fused-ring (bicyclic) bond motifs is 4. The highest BCUT2D eigenvalue weighted by Crippen LogP contribution is 2.32. The lowest BCUT2D eigenvalue weighted by atomic mass is 10.1. The first-order valence-corrected chi connectivity index (χ1v) is 10.8. The topological polar surface area (TPSA) is 147 Å². The van der Waals surface area contributed by atoms with Crippen LogP contribution < -0.4 is 21.3 Å². The number of rotatable bonds is 2. The second-order valence-electron chi connectivity index (χ2n) is 7.34. The minimum Gasteiger partial charge on any atom is -0.482 e. The molecule has 0 spiro atoms. The van der Waals surface area contributed by atoms with Crippen LogP contribution in [0.4, 0.5) is 5.69 Å². The molecule has 11 heteroatoms. The van der Waals surface area contributed by atoms with Crippen molar-refractivity contribution in [3.63, 3.8) is 0 Å². The lowest BCUT2D eigenvalue weighted by molar-refractivity contribution is -0.118. The highest BCUT2D eigenvalue weighted by Gasteiger charge is 2.20. The van der Waals surface area contributed by atoms with Crippen LogP contribution in [0.15, 0.2) is 23.0 Å². The third kappa shape index (κ3) is 4.93. The van der Waals surface area contributed by atoms with Gasteiger partial charge in [-0.1, -0.05) is 12.5 Å². The van der Waals surface area contributed by atoms with Gasteiger partial charge in [0, 0.05) is 11.4 Å². The number of aromatic nitrogens is 2. The van der Waals surface area contributed by atoms with E-state index in [1.165, 1.54) is 22.6 Å². The number of nitrogens with one attached hydrogen (secondary N) is 2. The molecule has 2 aliphatic rings. The second kappa shape index (κ2) is 10.1. The molecule has 0 saturated heterocycles. The number of aromatic carboxylic acids is 1. The standard InChI is InChI=1S/C12H12N2O3S.C9H10N2O2.ClH/c15-10-8-6-4-2-1-3-5-7(6)18-11(8)14-9(13-10)12(16)17;10-4-6-1-2-8-7(3-6)11-9(12)5-13-8;/h1-5H2,(H,16,17)(H,13,14,15);1-3H,4-5,10H2,(H,11,12);1H. The van der Waals surface area contributed by atoms with E-state index in [4.69, 9.17) is 15.6 Å². The number of benzene rings is 1. The van der Waals surface area contributed by atoms with E-state index in [1.807, 2.05) is 18.2 Å². The predicted octanol–water partition coefficient (Wildman–Crippen LogP) is 2.85. The van der Waals surface area contributed by atoms with Crippen molar-refractivity contribution >= 4 is 51.5 Å². The number of halogens is 1. The molecule has 0 saturated carbocycles. The van der Waals surface area contributed by atoms with Gasteiger partial charge in [0.15, 0.2) is 6.61 Å². The molecule has 0 radical (unpaired) electrons. The van der Waals surface area contributed by atoms with Gasteiger partial charge in [-0.05, 0) is 48.9 Å². The smallest absolute Gasteiger partial charge is 0.372 e. The van der Waals surface area contributed by atoms with Crippen molar-refractivity contribution in [2.24, 2.45) is 5.73 Å². The molecule has 5 N–H and O–H groups in total. The minimum atomic E-state index is -1.20. The summed E-state index contributed by atoms with van der Waals surface area (Å²) in [6.07, 6.45) is 5.26. The van der Waals surface area contributed by atoms with Crippen LogP contribution in [-0.2, 0) is 24.2 Å². The zero-order valence-electron chi connectivity index (χ0n) is 17.1. The van der Waals surface area contributed by atoms with Crippen molar-refractivity contribution in [3.05, 3.63) is 50.4 Å². The quantitative estimate of drug-likeness (QED) is 0.414. The average Bonchev–Trinajstić information content (AvgIpc) is 2.95. The van der Waals surface area contributed by atoms with E-state index in [2.05, 4.69) is 15.3 Å². The van der Waals surface area contributed by atoms with Crippen molar-refractivity contribution < 1.29 is 19.4 Å². The Morgan fingerprint density at radius 3 is 2.75 bits per heavy atom. The molecule has 1 amide bonds. The van der Waals surface area contributed by atoms with Gasteiger partial charge in [0.05, 0.1) is 11.1 Å². The summed E-state index contributed by atoms with van der Waals surface area (Å²) in [6, 6.07) is 5.53. The number of carbonyl (C=O) groups is 2. The number of aryl methyl sites for hydroxylation is 2. The Hall–Kier alpha value is -2.95. The number of aromatic amines is 1. The predicted molar refractivity (Wildman–Crippen MR) is 124 cm³/mol. The zero-order chi connectivity index (χ0) is 22.0. The molecule has 5 rings (SSSR count). The van der Waals surface area contributed by atoms with Gasteiger partial charge in [0.25, 0.3) is 11.5 Å². The summed E-state index contributed by atoms with van der Waals surface area (Å²) in [7, 11) is 0. The molecule has 0 fully saturated rings. The molecule has 2 aromatic heterocycles. The van der Waals surface area contributed by atoms with E-state index in [-0.39, 0.29) is 36.3 Å². The first-order valence-electron chi connectivity index (χ1n) is 9.99. The lowest BCUT2D eigenvalue weighted by Gasteiger charge is -2.18. The Kier molecular flexibility index (Phi) is 7.49. The van der Waals surface area contributed by atoms with E-state index >= 15 is 0 Å². The van der Waals surface area contributed by atoms with Gasteiger partial charge in [-0.15, -0.1) is 23.7 Å². The summed E-state index contributed by atoms with van der Waals surface area (Å²) in [5.74, 6) is -0.889. The molecule has 0 unspecified atom stereocenters. The lowest BCUT2D eigenvalue weighted by Crippen LogP contribution is -2.25. The average molecular weight is 479 g/mol. The molecule has 3 aromatic rings. The minimum absolute atomic E-state index is 0. The number of thiophene rings is 1. The number of ether oxygens (including phenoxy) is 1. The Labute approximate surface area is 193 Å². The van der Waals surface area contributed by atoms with E-state index in [0.29, 0.717) is 28.2 Å². The van der Waals surface area contributed by atoms with E-state index < -0.39 is 5.97 Å². The summed E-state index contributed by atoms with van der Waals surface area (Å²) in [4.78, 5) is 42.0. The molecule has 0 bridgehead atoms. The van der Waals surface area contributed by atoms with Crippen molar-refractivity contribution in [1.29, 1.82) is 0 Å². The summed E-state index contributed by atoms with van der Waals surface area (Å²) >= 11 is 1.46. The van der Waals surface area contributed by atoms with Crippen LogP contribution in [-0.4, -0.2) is 33.6 Å². The number of hydrogen-bond donors (Lipinski definition) is 4. The summed E-state index contributed by atoms with van der Waals surface area (Å²) in [5, 5.41) is 12.2. The molecular weight excluding hydrogens is 456 g/mol. The van der Waals surface area contributed by atoms with Gasteiger partial charge in [0.1, 0.15) is 10.6 Å². The molecule has 9 nitrogen and oxygen atoms in total. The molecule has 0 atom stereocenters. The third-order valence-corrected chi connectivity index (χ3v) is 6.38. The third-order valence-electron chi connectivity index (χ3n) is 5.19. The maximum Gasteiger partial charge on any atom is 0.372 e. The Morgan fingerprint density at radius 1 is 1.22 bits per heavy atom. The zero-order valence-corrected chi connectivity index (χ0v) is 18.7. The van der Waals surface area contributed by atoms with Crippen molar-refractivity contribution in [2.75, 3.05) is 11.9 Å². The van der Waals surface area contributed by atoms with E-state index in [1.54, 1.807) is 0 Å². The number of amides is 1. The van der Waals surface area contributed by atoms with Crippen molar-refractivity contribution in [3.8, 4) is 5.75 Å². The van der Waals surface area contributed by atoms with Crippen molar-refractivity contribution in [2.45, 2.75) is 38.6 Å². The van der Waals surface area contributed by atoms with Gasteiger partial charge in [-0.3, -0.25) is 9.59 Å². The largest absolute Gasteiger partial charge is 0.482 e. The first kappa shape index (κ1) is 23.7. The van der Waals surface area contributed by atoms with Crippen LogP contribution in [0.5, 0.6) is 5.75 Å². The Bertz CT molecular complexity index is 1220. The van der Waals surface area contributed by atoms with Crippen LogP contribution in [0.25, 0.3) is 10.2 Å². The normalized spacial score (nSPS) is 14.5. The molecule has 170 valence electrons. The fraction of sp³-hybridized carbons (Fsp3) is 0.333. The Morgan fingerprint density at radius 2 is 2.00 bits per heavy atom. The monoisotopic (exact) mass is 478 g/mol. The first-order chi connectivity index (χ1) is 15.0. The molecule has 1 aromatic carbocycles. The number of carbonyl (C=O) groups excluding carboxylic acids is 1. The number of hydrogen-bond acceptors (Lipinski definition) is 7. The number of carboxylic acid groups (broad SMARTS) is 1. The number of nitrogens with two attached hydrogens (primary N) is 1. The number of carboxylic acids is 1. The van der Waals surface area contributed by atoms with Crippen LogP contribution in [0.3, 0.4) is 0 Å². The number of nitrogens with zero attached hydrogens (tertiary/aromatic N) is 1. The SMILES string of the molecule is Cl.NCc1ccc2c(c1)NC(=O)CO2.O=C(O)c1nc2sc3c(c2c(=O)[nH]1)CCCCC3. The molecule has 3 heterocycles. The fourth-order valence-electron chi connectivity index (χ4n) is 3.70. The molecule has 1 aliphatic heterocycles. The molecule has 1 aliphatic carbocycles.